The predicted octanol–water partition coefficient (Wildman–Crippen LogP) is 2.90. The summed E-state index contributed by atoms with van der Waals surface area (Å²) in [5, 5.41) is 6.29. The molecule has 0 aliphatic rings. The second-order valence-electron chi connectivity index (χ2n) is 5.58. The lowest BCUT2D eigenvalue weighted by Gasteiger charge is -2.10. The fourth-order valence-electron chi connectivity index (χ4n) is 2.44. The average molecular weight is 332 g/mol. The molecule has 0 radical (unpaired) electrons. The molecule has 4 aromatic rings. The molecule has 0 spiro atoms. The van der Waals surface area contributed by atoms with Crippen molar-refractivity contribution in [2.24, 2.45) is 0 Å². The van der Waals surface area contributed by atoms with E-state index in [9.17, 15) is 0 Å². The van der Waals surface area contributed by atoms with Gasteiger partial charge in [-0.15, -0.1) is 0 Å². The van der Waals surface area contributed by atoms with Crippen molar-refractivity contribution in [1.82, 2.24) is 24.3 Å². The topological polar surface area (TPSA) is 106 Å². The van der Waals surface area contributed by atoms with Crippen molar-refractivity contribution in [3.63, 3.8) is 0 Å². The summed E-state index contributed by atoms with van der Waals surface area (Å²) >= 11 is 0. The molecule has 0 amide bonds. The van der Waals surface area contributed by atoms with Gasteiger partial charge in [-0.1, -0.05) is 0 Å². The standard InChI is InChI=1S/C17H16N8/c1-11-2-4-19-14(8-11)23-17-22-13(18)10-15(24-17)21-12-3-6-25-7-5-20-16(25)9-12/h2-10H,1H3,(H4,18,19,21,22,23,24). The summed E-state index contributed by atoms with van der Waals surface area (Å²) in [5.41, 5.74) is 8.69. The molecule has 0 aromatic carbocycles. The van der Waals surface area contributed by atoms with Crippen LogP contribution in [-0.4, -0.2) is 24.3 Å². The van der Waals surface area contributed by atoms with Crippen LogP contribution in [0.1, 0.15) is 5.56 Å². The Kier molecular flexibility index (Phi) is 3.62. The molecule has 25 heavy (non-hydrogen) atoms. The van der Waals surface area contributed by atoms with E-state index in [4.69, 9.17) is 5.73 Å². The molecule has 0 saturated carbocycles. The minimum Gasteiger partial charge on any atom is -0.383 e. The lowest BCUT2D eigenvalue weighted by atomic mass is 10.3. The highest BCUT2D eigenvalue weighted by molar-refractivity contribution is 5.64. The van der Waals surface area contributed by atoms with Crippen LogP contribution in [0.25, 0.3) is 5.65 Å². The van der Waals surface area contributed by atoms with Crippen molar-refractivity contribution in [2.45, 2.75) is 6.92 Å². The second kappa shape index (κ2) is 6.08. The van der Waals surface area contributed by atoms with Crippen molar-refractivity contribution < 1.29 is 0 Å². The number of nitrogens with one attached hydrogen (secondary N) is 2. The van der Waals surface area contributed by atoms with E-state index in [1.54, 1.807) is 18.5 Å². The minimum absolute atomic E-state index is 0.356. The van der Waals surface area contributed by atoms with Gasteiger partial charge in [-0.2, -0.15) is 9.97 Å². The van der Waals surface area contributed by atoms with Crippen LogP contribution in [0, 0.1) is 6.92 Å². The molecule has 4 aromatic heterocycles. The van der Waals surface area contributed by atoms with Crippen LogP contribution in [0.3, 0.4) is 0 Å². The van der Waals surface area contributed by atoms with Gasteiger partial charge in [0.2, 0.25) is 5.95 Å². The minimum atomic E-state index is 0.356. The highest BCUT2D eigenvalue weighted by Crippen LogP contribution is 2.20. The van der Waals surface area contributed by atoms with Crippen LogP contribution in [0.4, 0.5) is 29.1 Å². The van der Waals surface area contributed by atoms with Gasteiger partial charge in [0.1, 0.15) is 23.1 Å². The normalized spacial score (nSPS) is 10.8. The molecule has 124 valence electrons. The third kappa shape index (κ3) is 3.32. The van der Waals surface area contributed by atoms with Crippen LogP contribution >= 0.6 is 0 Å². The molecule has 8 heteroatoms. The van der Waals surface area contributed by atoms with Gasteiger partial charge in [0.05, 0.1) is 0 Å². The highest BCUT2D eigenvalue weighted by atomic mass is 15.2. The van der Waals surface area contributed by atoms with Crippen LogP contribution in [-0.2, 0) is 0 Å². The monoisotopic (exact) mass is 332 g/mol. The SMILES string of the molecule is Cc1ccnc(Nc2nc(N)cc(Nc3ccn4ccnc4c3)n2)c1. The summed E-state index contributed by atoms with van der Waals surface area (Å²) < 4.78 is 1.93. The van der Waals surface area contributed by atoms with E-state index < -0.39 is 0 Å². The molecule has 4 rings (SSSR count). The first kappa shape index (κ1) is 14.9. The maximum Gasteiger partial charge on any atom is 0.232 e. The molecule has 0 aliphatic heterocycles. The summed E-state index contributed by atoms with van der Waals surface area (Å²) in [6.45, 7) is 1.99. The van der Waals surface area contributed by atoms with E-state index in [1.165, 1.54) is 0 Å². The van der Waals surface area contributed by atoms with E-state index in [2.05, 4.69) is 30.6 Å². The third-order valence-corrected chi connectivity index (χ3v) is 3.57. The number of aryl methyl sites for hydroxylation is 1. The van der Waals surface area contributed by atoms with E-state index in [-0.39, 0.29) is 0 Å². The molecule has 0 fully saturated rings. The maximum atomic E-state index is 5.90. The van der Waals surface area contributed by atoms with Crippen molar-refractivity contribution in [3.05, 3.63) is 60.7 Å². The van der Waals surface area contributed by atoms with Crippen molar-refractivity contribution in [3.8, 4) is 0 Å². The molecule has 0 atom stereocenters. The maximum absolute atomic E-state index is 5.90. The first-order valence-electron chi connectivity index (χ1n) is 7.70. The number of nitrogen functional groups attached to an aromatic ring is 1. The Morgan fingerprint density at radius 3 is 2.72 bits per heavy atom. The Morgan fingerprint density at radius 2 is 1.84 bits per heavy atom. The fourth-order valence-corrected chi connectivity index (χ4v) is 2.44. The van der Waals surface area contributed by atoms with Crippen molar-refractivity contribution in [1.29, 1.82) is 0 Å². The first-order valence-corrected chi connectivity index (χ1v) is 7.70. The number of pyridine rings is 2. The van der Waals surface area contributed by atoms with E-state index >= 15 is 0 Å². The number of hydrogen-bond donors (Lipinski definition) is 3. The van der Waals surface area contributed by atoms with E-state index in [0.29, 0.717) is 23.4 Å². The molecule has 0 aliphatic carbocycles. The summed E-state index contributed by atoms with van der Waals surface area (Å²) in [6, 6.07) is 9.36. The zero-order valence-electron chi connectivity index (χ0n) is 13.5. The molecule has 8 nitrogen and oxygen atoms in total. The number of nitrogens with zero attached hydrogens (tertiary/aromatic N) is 5. The highest BCUT2D eigenvalue weighted by Gasteiger charge is 2.06. The quantitative estimate of drug-likeness (QED) is 0.527. The average Bonchev–Trinajstić information content (AvgIpc) is 3.02. The van der Waals surface area contributed by atoms with Crippen LogP contribution in [0.5, 0.6) is 0 Å². The van der Waals surface area contributed by atoms with Gasteiger partial charge in [-0.25, -0.2) is 9.97 Å². The van der Waals surface area contributed by atoms with Crippen molar-refractivity contribution >= 4 is 34.7 Å². The fraction of sp³-hybridized carbons (Fsp3) is 0.0588. The number of anilines is 5. The van der Waals surface area contributed by atoms with Gasteiger partial charge in [-0.3, -0.25) is 0 Å². The molecule has 4 N–H and O–H groups in total. The summed E-state index contributed by atoms with van der Waals surface area (Å²) in [6.07, 6.45) is 7.28. The summed E-state index contributed by atoms with van der Waals surface area (Å²) in [5.74, 6) is 1.98. The number of hydrogen-bond acceptors (Lipinski definition) is 7. The van der Waals surface area contributed by atoms with Crippen LogP contribution in [0.15, 0.2) is 55.1 Å². The molecule has 4 heterocycles. The smallest absolute Gasteiger partial charge is 0.232 e. The zero-order valence-corrected chi connectivity index (χ0v) is 13.5. The Bertz CT molecular complexity index is 1040. The Balaban J connectivity index is 1.60. The van der Waals surface area contributed by atoms with Gasteiger partial charge in [-0.05, 0) is 30.7 Å². The second-order valence-corrected chi connectivity index (χ2v) is 5.58. The molecule has 0 bridgehead atoms. The number of fused-ring (bicyclic) bond motifs is 1. The third-order valence-electron chi connectivity index (χ3n) is 3.57. The van der Waals surface area contributed by atoms with Gasteiger partial charge in [0.25, 0.3) is 0 Å². The van der Waals surface area contributed by atoms with E-state index in [0.717, 1.165) is 16.9 Å². The summed E-state index contributed by atoms with van der Waals surface area (Å²) in [4.78, 5) is 17.2. The van der Waals surface area contributed by atoms with E-state index in [1.807, 2.05) is 48.0 Å². The molecular weight excluding hydrogens is 316 g/mol. The lowest BCUT2D eigenvalue weighted by molar-refractivity contribution is 1.15. The number of aromatic nitrogens is 5. The van der Waals surface area contributed by atoms with Crippen LogP contribution < -0.4 is 16.4 Å². The number of imidazole rings is 1. The van der Waals surface area contributed by atoms with Crippen LogP contribution in [0.2, 0.25) is 0 Å². The Morgan fingerprint density at radius 1 is 0.920 bits per heavy atom. The Labute approximate surface area is 143 Å². The van der Waals surface area contributed by atoms with Crippen molar-refractivity contribution in [2.75, 3.05) is 16.4 Å². The van der Waals surface area contributed by atoms with Gasteiger partial charge >= 0.3 is 0 Å². The number of rotatable bonds is 4. The lowest BCUT2D eigenvalue weighted by Crippen LogP contribution is -2.04. The Hall–Kier alpha value is -3.68. The van der Waals surface area contributed by atoms with Gasteiger partial charge < -0.3 is 20.8 Å². The molecule has 0 saturated heterocycles. The van der Waals surface area contributed by atoms with Gasteiger partial charge in [0.15, 0.2) is 0 Å². The largest absolute Gasteiger partial charge is 0.383 e. The first-order chi connectivity index (χ1) is 12.2. The summed E-state index contributed by atoms with van der Waals surface area (Å²) in [7, 11) is 0. The predicted molar refractivity (Wildman–Crippen MR) is 97.2 cm³/mol. The number of nitrogens with two attached hydrogens (primary N) is 1. The van der Waals surface area contributed by atoms with Gasteiger partial charge in [0, 0.05) is 42.6 Å². The zero-order chi connectivity index (χ0) is 17.2. The molecular formula is C17H16N8. The molecule has 0 unspecified atom stereocenters.